The van der Waals surface area contributed by atoms with Gasteiger partial charge in [-0.25, -0.2) is 0 Å². The summed E-state index contributed by atoms with van der Waals surface area (Å²) in [6.45, 7) is 3.66. The zero-order chi connectivity index (χ0) is 7.14. The maximum atomic E-state index is 9.12. The van der Waals surface area contributed by atoms with Gasteiger partial charge in [0, 0.05) is 11.4 Å². The molecule has 0 unspecified atom stereocenters. The van der Waals surface area contributed by atoms with Crippen LogP contribution in [0.3, 0.4) is 0 Å². The highest BCUT2D eigenvalue weighted by molar-refractivity contribution is 5.53. The van der Waals surface area contributed by atoms with E-state index in [0.717, 1.165) is 0 Å². The fourth-order valence-electron chi connectivity index (χ4n) is 0.912. The van der Waals surface area contributed by atoms with Crippen molar-refractivity contribution in [3.63, 3.8) is 0 Å². The van der Waals surface area contributed by atoms with Gasteiger partial charge in [0.2, 0.25) is 5.65 Å². The molecule has 0 aliphatic carbocycles. The van der Waals surface area contributed by atoms with Crippen molar-refractivity contribution in [2.45, 2.75) is 0 Å². The molecule has 4 nitrogen and oxygen atoms in total. The highest BCUT2D eigenvalue weighted by Crippen LogP contribution is 2.10. The minimum Gasteiger partial charge on any atom is -0.504 e. The van der Waals surface area contributed by atoms with Crippen molar-refractivity contribution in [2.75, 3.05) is 0 Å². The molecule has 0 bridgehead atoms. The number of hydrogen-bond acceptors (Lipinski definition) is 3. The smallest absolute Gasteiger partial charge is 0.203 e. The van der Waals surface area contributed by atoms with Gasteiger partial charge in [0.05, 0.1) is 0 Å². The van der Waals surface area contributed by atoms with E-state index in [-0.39, 0.29) is 5.75 Å². The number of rotatable bonds is 0. The topological polar surface area (TPSA) is 50.4 Å². The number of fused-ring (bicyclic) bond motifs is 1. The summed E-state index contributed by atoms with van der Waals surface area (Å²) in [5, 5.41) is 17.1. The van der Waals surface area contributed by atoms with Crippen molar-refractivity contribution < 1.29 is 5.11 Å². The van der Waals surface area contributed by atoms with Gasteiger partial charge in [-0.3, -0.25) is 4.40 Å². The molecule has 0 atom stereocenters. The number of aromatic nitrogens is 3. The lowest BCUT2D eigenvalue weighted by Gasteiger charge is -1.76. The van der Waals surface area contributed by atoms with Crippen molar-refractivity contribution >= 4 is 12.2 Å². The Morgan fingerprint density at radius 1 is 1.60 bits per heavy atom. The molecule has 2 aromatic heterocycles. The summed E-state index contributed by atoms with van der Waals surface area (Å²) < 4.78 is 1.62. The van der Waals surface area contributed by atoms with Crippen molar-refractivity contribution in [3.05, 3.63) is 17.7 Å². The first-order chi connectivity index (χ1) is 4.79. The first kappa shape index (κ1) is 5.22. The van der Waals surface area contributed by atoms with Crippen LogP contribution in [0.2, 0.25) is 0 Å². The summed E-state index contributed by atoms with van der Waals surface area (Å²) in [6.07, 6.45) is 1.51. The van der Waals surface area contributed by atoms with Gasteiger partial charge in [0.25, 0.3) is 0 Å². The third-order valence-corrected chi connectivity index (χ3v) is 1.39. The number of aromatic hydroxyl groups is 1. The maximum Gasteiger partial charge on any atom is 0.203 e. The Morgan fingerprint density at radius 2 is 2.40 bits per heavy atom. The van der Waals surface area contributed by atoms with E-state index < -0.39 is 0 Å². The number of nitrogens with zero attached hydrogens (tertiary/aromatic N) is 3. The number of hydrogen-bond donors (Lipinski definition) is 1. The average Bonchev–Trinajstić information content (AvgIpc) is 2.39. The lowest BCUT2D eigenvalue weighted by molar-refractivity contribution is 0.480. The van der Waals surface area contributed by atoms with E-state index in [1.54, 1.807) is 10.5 Å². The zero-order valence-corrected chi connectivity index (χ0v) is 5.15. The third kappa shape index (κ3) is 0.452. The Kier molecular flexibility index (Phi) is 0.768. The van der Waals surface area contributed by atoms with Gasteiger partial charge in [0.15, 0.2) is 5.75 Å². The van der Waals surface area contributed by atoms with Crippen LogP contribution < -0.4 is 5.35 Å². The van der Waals surface area contributed by atoms with Crippen LogP contribution in [0.5, 0.6) is 5.75 Å². The third-order valence-electron chi connectivity index (χ3n) is 1.39. The zero-order valence-electron chi connectivity index (χ0n) is 5.15. The molecule has 0 amide bonds. The van der Waals surface area contributed by atoms with Crippen LogP contribution in [0, 0.1) is 0 Å². The summed E-state index contributed by atoms with van der Waals surface area (Å²) in [4.78, 5) is 0. The molecular formula is C6H5N3O. The first-order valence-electron chi connectivity index (χ1n) is 2.79. The fraction of sp³-hybridized carbons (Fsp3) is 0. The molecule has 0 spiro atoms. The van der Waals surface area contributed by atoms with E-state index >= 15 is 0 Å². The van der Waals surface area contributed by atoms with Crippen molar-refractivity contribution in [2.24, 2.45) is 0 Å². The molecule has 0 aromatic carbocycles. The second-order valence-electron chi connectivity index (χ2n) is 2.05. The van der Waals surface area contributed by atoms with Gasteiger partial charge in [-0.2, -0.15) is 0 Å². The van der Waals surface area contributed by atoms with Gasteiger partial charge < -0.3 is 5.11 Å². The molecule has 0 saturated heterocycles. The molecule has 0 fully saturated rings. The Morgan fingerprint density at radius 3 is 3.10 bits per heavy atom. The predicted octanol–water partition coefficient (Wildman–Crippen LogP) is -0.436. The van der Waals surface area contributed by atoms with Crippen LogP contribution in [-0.4, -0.2) is 19.7 Å². The van der Waals surface area contributed by atoms with Crippen molar-refractivity contribution in [1.29, 1.82) is 0 Å². The van der Waals surface area contributed by atoms with Crippen LogP contribution in [-0.2, 0) is 0 Å². The molecule has 2 rings (SSSR count). The van der Waals surface area contributed by atoms with Gasteiger partial charge >= 0.3 is 0 Å². The van der Waals surface area contributed by atoms with Crippen LogP contribution in [0.25, 0.3) is 12.2 Å². The Labute approximate surface area is 56.4 Å². The molecule has 0 saturated carbocycles. The summed E-state index contributed by atoms with van der Waals surface area (Å²) in [7, 11) is 0. The van der Waals surface area contributed by atoms with Gasteiger partial charge in [0.1, 0.15) is 6.33 Å². The van der Waals surface area contributed by atoms with Crippen molar-refractivity contribution in [3.8, 4) is 5.75 Å². The minimum atomic E-state index is 0.127. The SMILES string of the molecule is C=c1cc(O)c2nncn12. The first-order valence-corrected chi connectivity index (χ1v) is 2.79. The Bertz CT molecular complexity index is 406. The molecule has 2 heterocycles. The molecular weight excluding hydrogens is 130 g/mol. The summed E-state index contributed by atoms with van der Waals surface area (Å²) >= 11 is 0. The Balaban J connectivity index is 3.12. The maximum absolute atomic E-state index is 9.12. The molecule has 0 aliphatic rings. The normalized spacial score (nSPS) is 10.8. The monoisotopic (exact) mass is 135 g/mol. The highest BCUT2D eigenvalue weighted by Gasteiger charge is 2.02. The molecule has 10 heavy (non-hydrogen) atoms. The van der Waals surface area contributed by atoms with Crippen LogP contribution >= 0.6 is 0 Å². The summed E-state index contributed by atoms with van der Waals surface area (Å²) in [6, 6.07) is 1.55. The fourth-order valence-corrected chi connectivity index (χ4v) is 0.912. The van der Waals surface area contributed by atoms with Crippen LogP contribution in [0.15, 0.2) is 12.4 Å². The molecule has 2 aromatic rings. The highest BCUT2D eigenvalue weighted by atomic mass is 16.3. The van der Waals surface area contributed by atoms with Crippen molar-refractivity contribution in [1.82, 2.24) is 14.6 Å². The van der Waals surface area contributed by atoms with Gasteiger partial charge in [-0.1, -0.05) is 6.58 Å². The van der Waals surface area contributed by atoms with E-state index in [1.165, 1.54) is 6.33 Å². The second kappa shape index (κ2) is 1.47. The Hall–Kier alpha value is -1.58. The minimum absolute atomic E-state index is 0.127. The quantitative estimate of drug-likeness (QED) is 0.533. The average molecular weight is 135 g/mol. The van der Waals surface area contributed by atoms with Gasteiger partial charge in [-0.15, -0.1) is 10.2 Å². The summed E-state index contributed by atoms with van der Waals surface area (Å²) in [5.41, 5.74) is 0.463. The van der Waals surface area contributed by atoms with Crippen LogP contribution in [0.4, 0.5) is 0 Å². The molecule has 1 N–H and O–H groups in total. The van der Waals surface area contributed by atoms with E-state index in [2.05, 4.69) is 16.8 Å². The standard InChI is InChI=1S/C6H5N3O/c1-4-2-5(10)6-8-7-3-9(4)6/h2-3,10H,1H2. The second-order valence-corrected chi connectivity index (χ2v) is 2.05. The predicted molar refractivity (Wildman–Crippen MR) is 35.4 cm³/mol. The van der Waals surface area contributed by atoms with E-state index in [1.807, 2.05) is 0 Å². The largest absolute Gasteiger partial charge is 0.504 e. The molecule has 4 heteroatoms. The van der Waals surface area contributed by atoms with E-state index in [0.29, 0.717) is 11.0 Å². The molecule has 0 radical (unpaired) electrons. The summed E-state index contributed by atoms with van der Waals surface area (Å²) in [5.74, 6) is 0.127. The molecule has 0 aliphatic heterocycles. The van der Waals surface area contributed by atoms with Gasteiger partial charge in [-0.05, 0) is 0 Å². The lowest BCUT2D eigenvalue weighted by atomic mass is 10.5. The van der Waals surface area contributed by atoms with Crippen LogP contribution in [0.1, 0.15) is 0 Å². The molecule has 50 valence electrons. The van der Waals surface area contributed by atoms with E-state index in [9.17, 15) is 0 Å². The van der Waals surface area contributed by atoms with E-state index in [4.69, 9.17) is 5.11 Å². The lowest BCUT2D eigenvalue weighted by Crippen LogP contribution is -2.01.